The molecule has 5 nitrogen and oxygen atoms in total. The molecule has 0 aromatic heterocycles. The Kier molecular flexibility index (Phi) is 7.78. The second kappa shape index (κ2) is 7.97. The molecule has 0 radical (unpaired) electrons. The molecule has 0 bridgehead atoms. The van der Waals surface area contributed by atoms with Gasteiger partial charge in [-0.3, -0.25) is 4.90 Å². The van der Waals surface area contributed by atoms with Gasteiger partial charge in [0.25, 0.3) is 0 Å². The highest BCUT2D eigenvalue weighted by molar-refractivity contribution is 5.19. The molecule has 2 aliphatic heterocycles. The molecule has 3 N–H and O–H groups in total. The molecule has 2 rings (SSSR count). The molecule has 2 fully saturated rings. The van der Waals surface area contributed by atoms with Crippen molar-refractivity contribution in [2.75, 3.05) is 47.4 Å². The molecule has 19 heavy (non-hydrogen) atoms. The van der Waals surface area contributed by atoms with Gasteiger partial charge in [-0.25, -0.2) is 0 Å². The van der Waals surface area contributed by atoms with Crippen molar-refractivity contribution in [3.05, 3.63) is 12.2 Å². The quantitative estimate of drug-likeness (QED) is 0.744. The normalized spacial score (nSPS) is 29.8. The van der Waals surface area contributed by atoms with Crippen LogP contribution in [0.15, 0.2) is 12.2 Å². The van der Waals surface area contributed by atoms with E-state index in [1.165, 1.54) is 5.57 Å². The van der Waals surface area contributed by atoms with Crippen molar-refractivity contribution in [2.45, 2.75) is 31.4 Å². The minimum atomic E-state index is -0.177. The van der Waals surface area contributed by atoms with Crippen molar-refractivity contribution in [3.8, 4) is 0 Å². The molecule has 2 saturated heterocycles. The van der Waals surface area contributed by atoms with Gasteiger partial charge in [-0.1, -0.05) is 12.2 Å². The Morgan fingerprint density at radius 1 is 1.47 bits per heavy atom. The molecule has 0 saturated carbocycles. The first kappa shape index (κ1) is 18.5. The van der Waals surface area contributed by atoms with Crippen molar-refractivity contribution in [1.82, 2.24) is 9.80 Å². The van der Waals surface area contributed by atoms with Crippen molar-refractivity contribution in [3.63, 3.8) is 0 Å². The SMILES string of the molecule is C=C1CN2C[C@@H](O)C[C@@]2(COCC)C1.CN(C)C.O. The maximum absolute atomic E-state index is 9.66. The van der Waals surface area contributed by atoms with E-state index >= 15 is 0 Å². The smallest absolute Gasteiger partial charge is 0.0686 e. The molecule has 0 spiro atoms. The van der Waals surface area contributed by atoms with Crippen LogP contribution in [0.2, 0.25) is 0 Å². The van der Waals surface area contributed by atoms with E-state index in [9.17, 15) is 5.11 Å². The summed E-state index contributed by atoms with van der Waals surface area (Å²) in [5.41, 5.74) is 1.34. The van der Waals surface area contributed by atoms with E-state index in [4.69, 9.17) is 4.74 Å². The maximum Gasteiger partial charge on any atom is 0.0686 e. The van der Waals surface area contributed by atoms with Gasteiger partial charge in [0.2, 0.25) is 0 Å². The highest BCUT2D eigenvalue weighted by Crippen LogP contribution is 2.40. The fraction of sp³-hybridized carbons (Fsp3) is 0.857. The summed E-state index contributed by atoms with van der Waals surface area (Å²) < 4.78 is 5.52. The van der Waals surface area contributed by atoms with Gasteiger partial charge in [0.1, 0.15) is 0 Å². The number of β-amino-alcohol motifs (C(OH)–C–C–N with tert-alkyl or cyclic N) is 1. The van der Waals surface area contributed by atoms with Gasteiger partial charge in [0.15, 0.2) is 0 Å². The summed E-state index contributed by atoms with van der Waals surface area (Å²) in [6.45, 7) is 9.25. The monoisotopic (exact) mass is 274 g/mol. The lowest BCUT2D eigenvalue weighted by Crippen LogP contribution is -2.42. The van der Waals surface area contributed by atoms with Crippen LogP contribution in [0, 0.1) is 0 Å². The van der Waals surface area contributed by atoms with Gasteiger partial charge in [-0.05, 0) is 40.9 Å². The topological polar surface area (TPSA) is 67.4 Å². The Hall–Kier alpha value is -0.460. The molecular formula is C14H30N2O3. The Morgan fingerprint density at radius 3 is 2.58 bits per heavy atom. The second-order valence-electron chi connectivity index (χ2n) is 5.87. The van der Waals surface area contributed by atoms with Gasteiger partial charge in [0.05, 0.1) is 18.2 Å². The largest absolute Gasteiger partial charge is 0.412 e. The lowest BCUT2D eigenvalue weighted by molar-refractivity contribution is 0.0410. The van der Waals surface area contributed by atoms with E-state index < -0.39 is 0 Å². The Balaban J connectivity index is 0.000000576. The van der Waals surface area contributed by atoms with E-state index in [0.29, 0.717) is 0 Å². The summed E-state index contributed by atoms with van der Waals surface area (Å²) in [7, 11) is 6.00. The van der Waals surface area contributed by atoms with Crippen LogP contribution in [0.5, 0.6) is 0 Å². The Labute approximate surface area is 117 Å². The van der Waals surface area contributed by atoms with E-state index in [0.717, 1.165) is 39.1 Å². The van der Waals surface area contributed by atoms with Crippen LogP contribution in [-0.4, -0.2) is 79.5 Å². The predicted molar refractivity (Wildman–Crippen MR) is 78.4 cm³/mol. The number of aliphatic hydroxyl groups is 1. The molecule has 0 amide bonds. The lowest BCUT2D eigenvalue weighted by Gasteiger charge is -2.30. The summed E-state index contributed by atoms with van der Waals surface area (Å²) in [6, 6.07) is 0. The zero-order valence-corrected chi connectivity index (χ0v) is 12.8. The van der Waals surface area contributed by atoms with Crippen LogP contribution in [0.25, 0.3) is 0 Å². The summed E-state index contributed by atoms with van der Waals surface area (Å²) in [5, 5.41) is 9.66. The van der Waals surface area contributed by atoms with Gasteiger partial charge in [0, 0.05) is 19.7 Å². The van der Waals surface area contributed by atoms with E-state index in [1.54, 1.807) is 0 Å². The van der Waals surface area contributed by atoms with Crippen LogP contribution in [-0.2, 0) is 4.74 Å². The average molecular weight is 274 g/mol. The molecule has 114 valence electrons. The van der Waals surface area contributed by atoms with Crippen LogP contribution >= 0.6 is 0 Å². The van der Waals surface area contributed by atoms with Crippen molar-refractivity contribution >= 4 is 0 Å². The standard InChI is InChI=1S/C11H19NO2.C3H9N.H2O/c1-3-14-8-11-4-9(2)6-12(11)7-10(13)5-11;1-4(2)3;/h10,13H,2-8H2,1H3;1-3H3;1H2/t10-,11+;;/m0../s1. The fourth-order valence-electron chi connectivity index (χ4n) is 2.78. The third-order valence-corrected chi connectivity index (χ3v) is 3.29. The third-order valence-electron chi connectivity index (χ3n) is 3.29. The first-order chi connectivity index (χ1) is 8.39. The lowest BCUT2D eigenvalue weighted by atomic mass is 9.93. The van der Waals surface area contributed by atoms with Gasteiger partial charge in [-0.2, -0.15) is 0 Å². The number of nitrogens with zero attached hydrogens (tertiary/aromatic N) is 2. The molecule has 2 aliphatic rings. The minimum absolute atomic E-state index is 0. The number of ether oxygens (including phenoxy) is 1. The number of hydrogen-bond acceptors (Lipinski definition) is 4. The molecule has 5 heteroatoms. The van der Waals surface area contributed by atoms with Crippen molar-refractivity contribution < 1.29 is 15.3 Å². The minimum Gasteiger partial charge on any atom is -0.412 e. The molecule has 0 aromatic rings. The highest BCUT2D eigenvalue weighted by atomic mass is 16.5. The first-order valence-corrected chi connectivity index (χ1v) is 6.68. The average Bonchev–Trinajstić information content (AvgIpc) is 2.65. The zero-order chi connectivity index (χ0) is 13.8. The summed E-state index contributed by atoms with van der Waals surface area (Å²) >= 11 is 0. The second-order valence-corrected chi connectivity index (χ2v) is 5.87. The maximum atomic E-state index is 9.66. The fourth-order valence-corrected chi connectivity index (χ4v) is 2.78. The van der Waals surface area contributed by atoms with Gasteiger partial charge < -0.3 is 20.2 Å². The first-order valence-electron chi connectivity index (χ1n) is 6.68. The van der Waals surface area contributed by atoms with Crippen LogP contribution in [0.3, 0.4) is 0 Å². The third kappa shape index (κ3) is 5.20. The number of aliphatic hydroxyl groups excluding tert-OH is 1. The summed E-state index contributed by atoms with van der Waals surface area (Å²) in [6.07, 6.45) is 1.65. The molecule has 0 unspecified atom stereocenters. The van der Waals surface area contributed by atoms with Gasteiger partial charge in [-0.15, -0.1) is 0 Å². The van der Waals surface area contributed by atoms with E-state index in [2.05, 4.69) is 11.5 Å². The van der Waals surface area contributed by atoms with Gasteiger partial charge >= 0.3 is 0 Å². The van der Waals surface area contributed by atoms with Crippen LogP contribution in [0.1, 0.15) is 19.8 Å². The van der Waals surface area contributed by atoms with Crippen LogP contribution < -0.4 is 0 Å². The molecule has 0 aliphatic carbocycles. The van der Waals surface area contributed by atoms with E-state index in [-0.39, 0.29) is 17.1 Å². The van der Waals surface area contributed by atoms with E-state index in [1.807, 2.05) is 33.0 Å². The Morgan fingerprint density at radius 2 is 2.05 bits per heavy atom. The molecular weight excluding hydrogens is 244 g/mol. The number of fused-ring (bicyclic) bond motifs is 1. The molecule has 2 atom stereocenters. The highest BCUT2D eigenvalue weighted by Gasteiger charge is 2.49. The summed E-state index contributed by atoms with van der Waals surface area (Å²) in [5.74, 6) is 0. The number of rotatable bonds is 3. The Bertz CT molecular complexity index is 281. The van der Waals surface area contributed by atoms with Crippen molar-refractivity contribution in [2.24, 2.45) is 0 Å². The zero-order valence-electron chi connectivity index (χ0n) is 12.8. The number of hydrogen-bond donors (Lipinski definition) is 1. The summed E-state index contributed by atoms with van der Waals surface area (Å²) in [4.78, 5) is 4.33. The van der Waals surface area contributed by atoms with Crippen LogP contribution in [0.4, 0.5) is 0 Å². The molecule has 2 heterocycles. The van der Waals surface area contributed by atoms with Crippen molar-refractivity contribution in [1.29, 1.82) is 0 Å². The molecule has 0 aromatic carbocycles. The predicted octanol–water partition coefficient (Wildman–Crippen LogP) is 0.141.